The van der Waals surface area contributed by atoms with E-state index in [-0.39, 0.29) is 0 Å². The molecule has 0 bridgehead atoms. The van der Waals surface area contributed by atoms with Gasteiger partial charge in [-0.05, 0) is 31.4 Å². The van der Waals surface area contributed by atoms with Gasteiger partial charge >= 0.3 is 0 Å². The van der Waals surface area contributed by atoms with Crippen LogP contribution in [0.5, 0.6) is 0 Å². The highest BCUT2D eigenvalue weighted by Gasteiger charge is 2.19. The standard InChI is InChI=1S/C18H21N5/c1-2-16-20-17(22-11-7-4-8-12-22)15-13-19-23(18(15)21-16)14-9-5-3-6-10-14/h3,5-6,9-10,13H,2,4,7-8,11-12H2,1H3. The van der Waals surface area contributed by atoms with E-state index in [1.165, 1.54) is 19.3 Å². The number of fused-ring (bicyclic) bond motifs is 1. The SMILES string of the molecule is CCc1nc(N2CCCCC2)c2cnn(-c3ccccc3)c2n1. The number of piperidine rings is 1. The summed E-state index contributed by atoms with van der Waals surface area (Å²) >= 11 is 0. The van der Waals surface area contributed by atoms with Gasteiger partial charge in [-0.1, -0.05) is 25.1 Å². The third kappa shape index (κ3) is 2.56. The Kier molecular flexibility index (Phi) is 3.69. The Labute approximate surface area is 136 Å². The average molecular weight is 307 g/mol. The molecule has 0 saturated carbocycles. The second kappa shape index (κ2) is 5.99. The van der Waals surface area contributed by atoms with Gasteiger partial charge in [0.2, 0.25) is 0 Å². The molecule has 23 heavy (non-hydrogen) atoms. The highest BCUT2D eigenvalue weighted by molar-refractivity contribution is 5.88. The molecule has 1 fully saturated rings. The van der Waals surface area contributed by atoms with E-state index in [2.05, 4.69) is 29.1 Å². The van der Waals surface area contributed by atoms with Gasteiger partial charge in [0.25, 0.3) is 0 Å². The number of benzene rings is 1. The zero-order valence-electron chi connectivity index (χ0n) is 13.4. The topological polar surface area (TPSA) is 46.8 Å². The number of aromatic nitrogens is 4. The van der Waals surface area contributed by atoms with Gasteiger partial charge < -0.3 is 4.90 Å². The van der Waals surface area contributed by atoms with E-state index < -0.39 is 0 Å². The monoisotopic (exact) mass is 307 g/mol. The molecule has 3 aromatic rings. The van der Waals surface area contributed by atoms with Crippen molar-refractivity contribution >= 4 is 16.9 Å². The highest BCUT2D eigenvalue weighted by atomic mass is 15.3. The molecule has 1 aliphatic rings. The molecule has 0 N–H and O–H groups in total. The van der Waals surface area contributed by atoms with Crippen molar-refractivity contribution in [3.05, 3.63) is 42.4 Å². The predicted molar refractivity (Wildman–Crippen MR) is 92.1 cm³/mol. The van der Waals surface area contributed by atoms with Crippen molar-refractivity contribution in [1.82, 2.24) is 19.7 Å². The van der Waals surface area contributed by atoms with Crippen molar-refractivity contribution in [1.29, 1.82) is 0 Å². The fraction of sp³-hybridized carbons (Fsp3) is 0.389. The maximum absolute atomic E-state index is 4.81. The summed E-state index contributed by atoms with van der Waals surface area (Å²) in [4.78, 5) is 12.0. The first-order valence-corrected chi connectivity index (χ1v) is 8.42. The second-order valence-electron chi connectivity index (χ2n) is 5.99. The Morgan fingerprint density at radius 2 is 1.78 bits per heavy atom. The van der Waals surface area contributed by atoms with Crippen molar-refractivity contribution in [2.45, 2.75) is 32.6 Å². The van der Waals surface area contributed by atoms with Crippen LogP contribution in [0.1, 0.15) is 32.0 Å². The quantitative estimate of drug-likeness (QED) is 0.744. The minimum Gasteiger partial charge on any atom is -0.356 e. The molecule has 0 atom stereocenters. The number of rotatable bonds is 3. The fourth-order valence-electron chi connectivity index (χ4n) is 3.20. The third-order valence-electron chi connectivity index (χ3n) is 4.43. The molecule has 0 aliphatic carbocycles. The lowest BCUT2D eigenvalue weighted by Gasteiger charge is -2.28. The first-order chi connectivity index (χ1) is 11.4. The average Bonchev–Trinajstić information content (AvgIpc) is 3.06. The molecule has 1 aliphatic heterocycles. The van der Waals surface area contributed by atoms with Crippen LogP contribution in [0.3, 0.4) is 0 Å². The van der Waals surface area contributed by atoms with Crippen molar-refractivity contribution in [2.75, 3.05) is 18.0 Å². The van der Waals surface area contributed by atoms with E-state index in [4.69, 9.17) is 9.97 Å². The lowest BCUT2D eigenvalue weighted by atomic mass is 10.1. The van der Waals surface area contributed by atoms with Crippen LogP contribution < -0.4 is 4.90 Å². The molecule has 1 aromatic carbocycles. The van der Waals surface area contributed by atoms with E-state index in [1.807, 2.05) is 29.1 Å². The number of hydrogen-bond donors (Lipinski definition) is 0. The van der Waals surface area contributed by atoms with E-state index in [0.29, 0.717) is 0 Å². The molecule has 3 heterocycles. The van der Waals surface area contributed by atoms with Crippen LogP contribution in [0.15, 0.2) is 36.5 Å². The largest absolute Gasteiger partial charge is 0.356 e. The highest BCUT2D eigenvalue weighted by Crippen LogP contribution is 2.27. The van der Waals surface area contributed by atoms with Crippen LogP contribution in [-0.4, -0.2) is 32.8 Å². The van der Waals surface area contributed by atoms with Gasteiger partial charge in [0, 0.05) is 19.5 Å². The summed E-state index contributed by atoms with van der Waals surface area (Å²) in [7, 11) is 0. The van der Waals surface area contributed by atoms with E-state index in [0.717, 1.165) is 47.9 Å². The third-order valence-corrected chi connectivity index (χ3v) is 4.43. The summed E-state index contributed by atoms with van der Waals surface area (Å²) < 4.78 is 1.92. The number of aryl methyl sites for hydroxylation is 1. The van der Waals surface area contributed by atoms with Crippen LogP contribution in [0, 0.1) is 0 Å². The van der Waals surface area contributed by atoms with Gasteiger partial charge in [0.1, 0.15) is 11.6 Å². The summed E-state index contributed by atoms with van der Waals surface area (Å²) in [5.41, 5.74) is 1.94. The van der Waals surface area contributed by atoms with Crippen molar-refractivity contribution < 1.29 is 0 Å². The molecule has 118 valence electrons. The van der Waals surface area contributed by atoms with Crippen LogP contribution in [0.2, 0.25) is 0 Å². The number of para-hydroxylation sites is 1. The van der Waals surface area contributed by atoms with Crippen LogP contribution in [0.4, 0.5) is 5.82 Å². The first-order valence-electron chi connectivity index (χ1n) is 8.42. The summed E-state index contributed by atoms with van der Waals surface area (Å²) in [6.45, 7) is 4.25. The fourth-order valence-corrected chi connectivity index (χ4v) is 3.20. The van der Waals surface area contributed by atoms with Gasteiger partial charge in [0.15, 0.2) is 5.65 Å². The van der Waals surface area contributed by atoms with E-state index >= 15 is 0 Å². The lowest BCUT2D eigenvalue weighted by molar-refractivity contribution is 0.573. The number of anilines is 1. The molecule has 0 unspecified atom stereocenters. The zero-order valence-corrected chi connectivity index (χ0v) is 13.4. The normalized spacial score (nSPS) is 15.3. The molecule has 0 radical (unpaired) electrons. The van der Waals surface area contributed by atoms with Crippen molar-refractivity contribution in [3.63, 3.8) is 0 Å². The first kappa shape index (κ1) is 14.2. The lowest BCUT2D eigenvalue weighted by Crippen LogP contribution is -2.30. The maximum atomic E-state index is 4.81. The van der Waals surface area contributed by atoms with Crippen LogP contribution in [-0.2, 0) is 6.42 Å². The summed E-state index contributed by atoms with van der Waals surface area (Å²) in [5.74, 6) is 1.93. The maximum Gasteiger partial charge on any atom is 0.168 e. The molecular formula is C18H21N5. The van der Waals surface area contributed by atoms with E-state index in [9.17, 15) is 0 Å². The smallest absolute Gasteiger partial charge is 0.168 e. The van der Waals surface area contributed by atoms with Gasteiger partial charge in [-0.3, -0.25) is 0 Å². The zero-order chi connectivity index (χ0) is 15.6. The summed E-state index contributed by atoms with van der Waals surface area (Å²) in [5, 5.41) is 5.63. The van der Waals surface area contributed by atoms with E-state index in [1.54, 1.807) is 0 Å². The summed E-state index contributed by atoms with van der Waals surface area (Å²) in [6.07, 6.45) is 6.52. The Bertz CT molecular complexity index is 803. The molecular weight excluding hydrogens is 286 g/mol. The molecule has 2 aromatic heterocycles. The van der Waals surface area contributed by atoms with Crippen molar-refractivity contribution in [2.24, 2.45) is 0 Å². The molecule has 1 saturated heterocycles. The Morgan fingerprint density at radius 1 is 1.00 bits per heavy atom. The number of hydrogen-bond acceptors (Lipinski definition) is 4. The molecule has 0 amide bonds. The molecule has 0 spiro atoms. The van der Waals surface area contributed by atoms with Crippen LogP contribution in [0.25, 0.3) is 16.7 Å². The molecule has 5 heteroatoms. The Hall–Kier alpha value is -2.43. The van der Waals surface area contributed by atoms with Crippen LogP contribution >= 0.6 is 0 Å². The van der Waals surface area contributed by atoms with Gasteiger partial charge in [-0.2, -0.15) is 5.10 Å². The predicted octanol–water partition coefficient (Wildman–Crippen LogP) is 3.37. The Balaban J connectivity index is 1.89. The Morgan fingerprint density at radius 3 is 2.52 bits per heavy atom. The molecule has 5 nitrogen and oxygen atoms in total. The second-order valence-corrected chi connectivity index (χ2v) is 5.99. The van der Waals surface area contributed by atoms with Gasteiger partial charge in [-0.15, -0.1) is 0 Å². The molecule has 4 rings (SSSR count). The minimum atomic E-state index is 0.830. The van der Waals surface area contributed by atoms with Gasteiger partial charge in [0.05, 0.1) is 17.3 Å². The van der Waals surface area contributed by atoms with Crippen molar-refractivity contribution in [3.8, 4) is 5.69 Å². The minimum absolute atomic E-state index is 0.830. The number of nitrogens with zero attached hydrogens (tertiary/aromatic N) is 5. The van der Waals surface area contributed by atoms with Gasteiger partial charge in [-0.25, -0.2) is 14.6 Å². The summed E-state index contributed by atoms with van der Waals surface area (Å²) in [6, 6.07) is 10.2.